The fourth-order valence-corrected chi connectivity index (χ4v) is 3.63. The van der Waals surface area contributed by atoms with Crippen LogP contribution in [0.2, 0.25) is 0 Å². The van der Waals surface area contributed by atoms with Crippen molar-refractivity contribution in [2.45, 2.75) is 25.8 Å². The van der Waals surface area contributed by atoms with E-state index in [0.29, 0.717) is 18.7 Å². The van der Waals surface area contributed by atoms with Crippen LogP contribution in [-0.2, 0) is 4.74 Å². The smallest absolute Gasteiger partial charge is 0.303 e. The van der Waals surface area contributed by atoms with Crippen molar-refractivity contribution in [3.05, 3.63) is 42.0 Å². The number of hydrogen-bond donors (Lipinski definition) is 0. The van der Waals surface area contributed by atoms with Gasteiger partial charge in [0, 0.05) is 12.6 Å². The Morgan fingerprint density at radius 1 is 1.14 bits per heavy atom. The number of piperidine rings is 3. The Bertz CT molecular complexity index is 532. The van der Waals surface area contributed by atoms with Gasteiger partial charge < -0.3 is 19.3 Å². The number of rotatable bonds is 3. The van der Waals surface area contributed by atoms with E-state index >= 15 is 0 Å². The summed E-state index contributed by atoms with van der Waals surface area (Å²) in [5, 5.41) is 0. The van der Waals surface area contributed by atoms with Gasteiger partial charge in [-0.05, 0) is 50.9 Å². The Morgan fingerprint density at radius 2 is 1.90 bits per heavy atom. The molecule has 1 atom stereocenters. The average molecular weight is 286 g/mol. The van der Waals surface area contributed by atoms with Crippen LogP contribution in [0.1, 0.15) is 18.4 Å². The molecule has 4 nitrogen and oxygen atoms in total. The van der Waals surface area contributed by atoms with Crippen LogP contribution in [-0.4, -0.2) is 42.2 Å². The predicted octanol–water partition coefficient (Wildman–Crippen LogP) is 2.56. The van der Waals surface area contributed by atoms with Crippen molar-refractivity contribution in [2.75, 3.05) is 26.4 Å². The molecule has 4 heteroatoms. The Hall–Kier alpha value is -1.68. The van der Waals surface area contributed by atoms with Gasteiger partial charge in [-0.3, -0.25) is 0 Å². The van der Waals surface area contributed by atoms with Crippen molar-refractivity contribution in [3.63, 3.8) is 0 Å². The van der Waals surface area contributed by atoms with E-state index in [1.165, 1.54) is 38.0 Å². The van der Waals surface area contributed by atoms with Crippen LogP contribution < -0.4 is 4.74 Å². The number of hydrogen-bond acceptors (Lipinski definition) is 4. The lowest BCUT2D eigenvalue weighted by molar-refractivity contribution is -0.00370. The van der Waals surface area contributed by atoms with Gasteiger partial charge in [0.25, 0.3) is 0 Å². The van der Waals surface area contributed by atoms with E-state index in [4.69, 9.17) is 9.47 Å². The summed E-state index contributed by atoms with van der Waals surface area (Å²) in [7, 11) is 0. The summed E-state index contributed by atoms with van der Waals surface area (Å²) in [4.78, 5) is 4.89. The standard InChI is InChI=1S/C17H22N2O2/c1-13-2-4-15(5-3-13)21-17-11-19(12-20-17)16-10-18-8-6-14(16)7-9-18/h2-5,11,14,16H,6-10,12H2,1H3/t16-/m0/s1. The first kappa shape index (κ1) is 13.0. The Labute approximate surface area is 125 Å². The Balaban J connectivity index is 1.43. The molecule has 0 radical (unpaired) electrons. The average Bonchev–Trinajstić information content (AvgIpc) is 2.99. The number of aryl methyl sites for hydroxylation is 1. The zero-order valence-electron chi connectivity index (χ0n) is 12.5. The van der Waals surface area contributed by atoms with Crippen molar-refractivity contribution in [1.29, 1.82) is 0 Å². The maximum atomic E-state index is 5.82. The minimum Gasteiger partial charge on any atom is -0.443 e. The molecular weight excluding hydrogens is 264 g/mol. The first-order valence-corrected chi connectivity index (χ1v) is 7.85. The highest BCUT2D eigenvalue weighted by molar-refractivity contribution is 5.27. The number of benzene rings is 1. The monoisotopic (exact) mass is 286 g/mol. The number of nitrogens with zero attached hydrogens (tertiary/aromatic N) is 2. The fraction of sp³-hybridized carbons (Fsp3) is 0.529. The van der Waals surface area contributed by atoms with Crippen LogP contribution in [0.5, 0.6) is 5.75 Å². The Kier molecular flexibility index (Phi) is 3.26. The summed E-state index contributed by atoms with van der Waals surface area (Å²) in [6, 6.07) is 8.66. The molecule has 1 aromatic rings. The minimum atomic E-state index is 0.589. The third kappa shape index (κ3) is 2.60. The van der Waals surface area contributed by atoms with Gasteiger partial charge in [-0.15, -0.1) is 0 Å². The number of fused-ring (bicyclic) bond motifs is 3. The molecule has 4 aliphatic heterocycles. The van der Waals surface area contributed by atoms with Gasteiger partial charge in [-0.1, -0.05) is 17.7 Å². The molecule has 3 fully saturated rings. The van der Waals surface area contributed by atoms with Gasteiger partial charge in [0.15, 0.2) is 6.73 Å². The molecule has 21 heavy (non-hydrogen) atoms. The van der Waals surface area contributed by atoms with Crippen LogP contribution in [0.3, 0.4) is 0 Å². The maximum absolute atomic E-state index is 5.82. The molecule has 0 unspecified atom stereocenters. The first-order valence-electron chi connectivity index (χ1n) is 7.85. The summed E-state index contributed by atoms with van der Waals surface area (Å²) in [6.45, 7) is 6.40. The summed E-state index contributed by atoms with van der Waals surface area (Å²) < 4.78 is 11.5. The lowest BCUT2D eigenvalue weighted by Gasteiger charge is -2.47. The SMILES string of the molecule is Cc1ccc(OC2=CN([C@H]3CN4CCC3CC4)CO2)cc1. The lowest BCUT2D eigenvalue weighted by atomic mass is 9.83. The summed E-state index contributed by atoms with van der Waals surface area (Å²) >= 11 is 0. The third-order valence-corrected chi connectivity index (χ3v) is 4.91. The van der Waals surface area contributed by atoms with E-state index in [2.05, 4.69) is 28.9 Å². The van der Waals surface area contributed by atoms with E-state index in [1.807, 2.05) is 18.3 Å². The zero-order valence-corrected chi connectivity index (χ0v) is 12.5. The van der Waals surface area contributed by atoms with Crippen molar-refractivity contribution in [3.8, 4) is 5.75 Å². The van der Waals surface area contributed by atoms with E-state index in [0.717, 1.165) is 11.7 Å². The zero-order chi connectivity index (χ0) is 14.2. The predicted molar refractivity (Wildman–Crippen MR) is 80.6 cm³/mol. The second-order valence-corrected chi connectivity index (χ2v) is 6.36. The van der Waals surface area contributed by atoms with Crippen LogP contribution in [0, 0.1) is 12.8 Å². The largest absolute Gasteiger partial charge is 0.443 e. The highest BCUT2D eigenvalue weighted by Gasteiger charge is 2.38. The van der Waals surface area contributed by atoms with Gasteiger partial charge in [0.05, 0.1) is 6.20 Å². The van der Waals surface area contributed by atoms with Gasteiger partial charge in [0.1, 0.15) is 5.75 Å². The lowest BCUT2D eigenvalue weighted by Crippen LogP contribution is -2.55. The molecule has 0 saturated carbocycles. The molecule has 0 aliphatic carbocycles. The number of ether oxygens (including phenoxy) is 2. The second-order valence-electron chi connectivity index (χ2n) is 6.36. The van der Waals surface area contributed by atoms with E-state index in [-0.39, 0.29) is 0 Å². The van der Waals surface area contributed by atoms with Crippen molar-refractivity contribution in [2.24, 2.45) is 5.92 Å². The van der Waals surface area contributed by atoms with Crippen LogP contribution in [0.4, 0.5) is 0 Å². The van der Waals surface area contributed by atoms with Crippen LogP contribution >= 0.6 is 0 Å². The molecule has 5 rings (SSSR count). The van der Waals surface area contributed by atoms with Crippen LogP contribution in [0.15, 0.2) is 36.4 Å². The molecule has 0 spiro atoms. The molecular formula is C17H22N2O2. The molecule has 0 amide bonds. The normalized spacial score (nSPS) is 31.0. The molecule has 1 aromatic carbocycles. The highest BCUT2D eigenvalue weighted by atomic mass is 16.7. The van der Waals surface area contributed by atoms with E-state index < -0.39 is 0 Å². The Morgan fingerprint density at radius 3 is 2.57 bits per heavy atom. The van der Waals surface area contributed by atoms with Gasteiger partial charge in [-0.2, -0.15) is 0 Å². The summed E-state index contributed by atoms with van der Waals surface area (Å²) in [5.74, 6) is 2.27. The topological polar surface area (TPSA) is 24.9 Å². The van der Waals surface area contributed by atoms with Gasteiger partial charge in [-0.25, -0.2) is 0 Å². The maximum Gasteiger partial charge on any atom is 0.303 e. The third-order valence-electron chi connectivity index (χ3n) is 4.91. The molecule has 0 N–H and O–H groups in total. The van der Waals surface area contributed by atoms with Crippen molar-refractivity contribution < 1.29 is 9.47 Å². The summed E-state index contributed by atoms with van der Waals surface area (Å²) in [6.07, 6.45) is 4.69. The molecule has 112 valence electrons. The van der Waals surface area contributed by atoms with E-state index in [1.54, 1.807) is 0 Å². The van der Waals surface area contributed by atoms with Crippen molar-refractivity contribution >= 4 is 0 Å². The van der Waals surface area contributed by atoms with Crippen LogP contribution in [0.25, 0.3) is 0 Å². The quantitative estimate of drug-likeness (QED) is 0.852. The molecule has 3 saturated heterocycles. The highest BCUT2D eigenvalue weighted by Crippen LogP contribution is 2.33. The molecule has 0 aromatic heterocycles. The molecule has 2 bridgehead atoms. The second kappa shape index (κ2) is 5.26. The molecule has 4 heterocycles. The molecule has 4 aliphatic rings. The van der Waals surface area contributed by atoms with Gasteiger partial charge >= 0.3 is 5.95 Å². The fourth-order valence-electron chi connectivity index (χ4n) is 3.63. The first-order chi connectivity index (χ1) is 10.3. The van der Waals surface area contributed by atoms with E-state index in [9.17, 15) is 0 Å². The van der Waals surface area contributed by atoms with Crippen molar-refractivity contribution in [1.82, 2.24) is 9.80 Å². The minimum absolute atomic E-state index is 0.589. The van der Waals surface area contributed by atoms with Gasteiger partial charge in [0.2, 0.25) is 0 Å². The summed E-state index contributed by atoms with van der Waals surface area (Å²) in [5.41, 5.74) is 1.23.